The van der Waals surface area contributed by atoms with Crippen LogP contribution < -0.4 is 5.32 Å². The van der Waals surface area contributed by atoms with E-state index in [1.807, 2.05) is 6.92 Å². The van der Waals surface area contributed by atoms with Gasteiger partial charge in [0.05, 0.1) is 24.0 Å². The van der Waals surface area contributed by atoms with Crippen molar-refractivity contribution in [2.75, 3.05) is 25.0 Å². The number of carboxylic acid groups (broad SMARTS) is 1. The number of carbonyl (C=O) groups excluding carboxylic acids is 1. The van der Waals surface area contributed by atoms with Crippen LogP contribution in [-0.4, -0.2) is 47.8 Å². The van der Waals surface area contributed by atoms with E-state index in [4.69, 9.17) is 9.84 Å². The second-order valence-electron chi connectivity index (χ2n) is 4.63. The van der Waals surface area contributed by atoms with Gasteiger partial charge in [-0.25, -0.2) is 9.59 Å². The number of nitrogens with one attached hydrogen (secondary N) is 1. The number of anilines is 1. The Morgan fingerprint density at radius 1 is 1.45 bits per heavy atom. The molecule has 1 aliphatic rings. The van der Waals surface area contributed by atoms with Crippen LogP contribution in [0.25, 0.3) is 0 Å². The lowest BCUT2D eigenvalue weighted by atomic mass is 10.2. The fourth-order valence-corrected chi connectivity index (χ4v) is 2.12. The number of urea groups is 1. The molecule has 0 radical (unpaired) electrons. The third-order valence-corrected chi connectivity index (χ3v) is 3.28. The summed E-state index contributed by atoms with van der Waals surface area (Å²) < 4.78 is 5.50. The van der Waals surface area contributed by atoms with Crippen LogP contribution in [0.5, 0.6) is 0 Å². The second kappa shape index (κ2) is 6.38. The molecule has 0 aromatic heterocycles. The quantitative estimate of drug-likeness (QED) is 0.886. The third-order valence-electron chi connectivity index (χ3n) is 3.28. The molecule has 108 valence electrons. The van der Waals surface area contributed by atoms with Crippen LogP contribution in [0.1, 0.15) is 23.7 Å². The molecule has 6 heteroatoms. The number of ether oxygens (including phenoxy) is 1. The summed E-state index contributed by atoms with van der Waals surface area (Å²) in [5.41, 5.74) is 0.394. The number of hydrogen-bond acceptors (Lipinski definition) is 3. The lowest BCUT2D eigenvalue weighted by Gasteiger charge is -2.32. The fraction of sp³-hybridized carbons (Fsp3) is 0.429. The SMILES string of the molecule is CCC1CN(C(=O)Nc2ccccc2C(=O)O)CCO1. The van der Waals surface area contributed by atoms with Crippen molar-refractivity contribution in [3.63, 3.8) is 0 Å². The maximum Gasteiger partial charge on any atom is 0.337 e. The Morgan fingerprint density at radius 2 is 2.20 bits per heavy atom. The van der Waals surface area contributed by atoms with Crippen molar-refractivity contribution in [3.05, 3.63) is 29.8 Å². The van der Waals surface area contributed by atoms with Gasteiger partial charge in [0, 0.05) is 13.1 Å². The number of hydrogen-bond donors (Lipinski definition) is 2. The van der Waals surface area contributed by atoms with Crippen LogP contribution in [-0.2, 0) is 4.74 Å². The molecule has 0 bridgehead atoms. The van der Waals surface area contributed by atoms with Crippen LogP contribution in [0.15, 0.2) is 24.3 Å². The molecule has 2 N–H and O–H groups in total. The molecular weight excluding hydrogens is 260 g/mol. The van der Waals surface area contributed by atoms with Gasteiger partial charge in [-0.15, -0.1) is 0 Å². The monoisotopic (exact) mass is 278 g/mol. The van der Waals surface area contributed by atoms with Gasteiger partial charge in [0.25, 0.3) is 0 Å². The number of rotatable bonds is 3. The van der Waals surface area contributed by atoms with Gasteiger partial charge in [0.2, 0.25) is 0 Å². The number of benzene rings is 1. The third kappa shape index (κ3) is 3.27. The van der Waals surface area contributed by atoms with Gasteiger partial charge in [-0.2, -0.15) is 0 Å². The van der Waals surface area contributed by atoms with E-state index in [-0.39, 0.29) is 17.7 Å². The number of nitrogens with zero attached hydrogens (tertiary/aromatic N) is 1. The maximum absolute atomic E-state index is 12.2. The van der Waals surface area contributed by atoms with Crippen molar-refractivity contribution < 1.29 is 19.4 Å². The molecule has 20 heavy (non-hydrogen) atoms. The number of aromatic carboxylic acids is 1. The number of carbonyl (C=O) groups is 2. The average Bonchev–Trinajstić information content (AvgIpc) is 2.47. The van der Waals surface area contributed by atoms with E-state index < -0.39 is 5.97 Å². The minimum atomic E-state index is -1.06. The largest absolute Gasteiger partial charge is 0.478 e. The average molecular weight is 278 g/mol. The molecule has 1 aliphatic heterocycles. The van der Waals surface area contributed by atoms with E-state index in [2.05, 4.69) is 5.32 Å². The summed E-state index contributed by atoms with van der Waals surface area (Å²) in [7, 11) is 0. The van der Waals surface area contributed by atoms with Gasteiger partial charge in [-0.3, -0.25) is 0 Å². The molecular formula is C14H18N2O4. The number of para-hydroxylation sites is 1. The van der Waals surface area contributed by atoms with Crippen molar-refractivity contribution >= 4 is 17.7 Å². The first-order valence-electron chi connectivity index (χ1n) is 6.61. The fourth-order valence-electron chi connectivity index (χ4n) is 2.12. The normalized spacial score (nSPS) is 18.6. The van der Waals surface area contributed by atoms with Crippen molar-refractivity contribution in [1.29, 1.82) is 0 Å². The van der Waals surface area contributed by atoms with Crippen LogP contribution in [0.4, 0.5) is 10.5 Å². The zero-order valence-electron chi connectivity index (χ0n) is 11.3. The van der Waals surface area contributed by atoms with Gasteiger partial charge in [-0.05, 0) is 18.6 Å². The highest BCUT2D eigenvalue weighted by atomic mass is 16.5. The first-order chi connectivity index (χ1) is 9.61. The smallest absolute Gasteiger partial charge is 0.337 e. The molecule has 1 heterocycles. The summed E-state index contributed by atoms with van der Waals surface area (Å²) in [4.78, 5) is 24.9. The highest BCUT2D eigenvalue weighted by molar-refractivity contribution is 5.99. The Kier molecular flexibility index (Phi) is 4.57. The molecule has 0 aliphatic carbocycles. The summed E-state index contributed by atoms with van der Waals surface area (Å²) in [6.07, 6.45) is 0.888. The van der Waals surface area contributed by atoms with E-state index in [9.17, 15) is 9.59 Å². The Balaban J connectivity index is 2.06. The molecule has 1 atom stereocenters. The topological polar surface area (TPSA) is 78.9 Å². The van der Waals surface area contributed by atoms with Crippen LogP contribution >= 0.6 is 0 Å². The maximum atomic E-state index is 12.2. The Hall–Kier alpha value is -2.08. The summed E-state index contributed by atoms with van der Waals surface area (Å²) >= 11 is 0. The van der Waals surface area contributed by atoms with Crippen molar-refractivity contribution in [2.24, 2.45) is 0 Å². The first kappa shape index (κ1) is 14.3. The zero-order chi connectivity index (χ0) is 14.5. The number of carboxylic acids is 1. The van der Waals surface area contributed by atoms with E-state index in [1.165, 1.54) is 6.07 Å². The van der Waals surface area contributed by atoms with Gasteiger partial charge in [0.15, 0.2) is 0 Å². The van der Waals surface area contributed by atoms with Gasteiger partial charge in [0.1, 0.15) is 0 Å². The molecule has 1 fully saturated rings. The minimum Gasteiger partial charge on any atom is -0.478 e. The Bertz CT molecular complexity index is 504. The molecule has 2 rings (SSSR count). The predicted octanol–water partition coefficient (Wildman–Crippen LogP) is 2.03. The second-order valence-corrected chi connectivity index (χ2v) is 4.63. The van der Waals surface area contributed by atoms with Crippen LogP contribution in [0, 0.1) is 0 Å². The lowest BCUT2D eigenvalue weighted by Crippen LogP contribution is -2.47. The van der Waals surface area contributed by atoms with Crippen molar-refractivity contribution in [1.82, 2.24) is 4.90 Å². The summed E-state index contributed by atoms with van der Waals surface area (Å²) in [6.45, 7) is 3.55. The van der Waals surface area contributed by atoms with Crippen LogP contribution in [0.2, 0.25) is 0 Å². The Morgan fingerprint density at radius 3 is 2.90 bits per heavy atom. The highest BCUT2D eigenvalue weighted by Crippen LogP contribution is 2.16. The van der Waals surface area contributed by atoms with E-state index in [0.29, 0.717) is 25.4 Å². The Labute approximate surface area is 117 Å². The number of morpholine rings is 1. The lowest BCUT2D eigenvalue weighted by molar-refractivity contribution is -0.0134. The molecule has 1 unspecified atom stereocenters. The van der Waals surface area contributed by atoms with Crippen LogP contribution in [0.3, 0.4) is 0 Å². The van der Waals surface area contributed by atoms with Gasteiger partial charge < -0.3 is 20.1 Å². The van der Waals surface area contributed by atoms with E-state index in [0.717, 1.165) is 6.42 Å². The van der Waals surface area contributed by atoms with E-state index >= 15 is 0 Å². The zero-order valence-corrected chi connectivity index (χ0v) is 11.3. The first-order valence-corrected chi connectivity index (χ1v) is 6.61. The molecule has 2 amide bonds. The standard InChI is InChI=1S/C14H18N2O4/c1-2-10-9-16(7-8-20-10)14(19)15-12-6-4-3-5-11(12)13(17)18/h3-6,10H,2,7-9H2,1H3,(H,15,19)(H,17,18). The van der Waals surface area contributed by atoms with Gasteiger partial charge in [-0.1, -0.05) is 19.1 Å². The summed E-state index contributed by atoms with van der Waals surface area (Å²) in [5, 5.41) is 11.7. The molecule has 0 saturated carbocycles. The molecule has 0 spiro atoms. The molecule has 1 saturated heterocycles. The predicted molar refractivity (Wildman–Crippen MR) is 74.0 cm³/mol. The van der Waals surface area contributed by atoms with E-state index in [1.54, 1.807) is 23.1 Å². The molecule has 6 nitrogen and oxygen atoms in total. The van der Waals surface area contributed by atoms with Gasteiger partial charge >= 0.3 is 12.0 Å². The molecule has 1 aromatic rings. The van der Waals surface area contributed by atoms with Crippen molar-refractivity contribution in [3.8, 4) is 0 Å². The van der Waals surface area contributed by atoms with Crippen molar-refractivity contribution in [2.45, 2.75) is 19.4 Å². The molecule has 1 aromatic carbocycles. The highest BCUT2D eigenvalue weighted by Gasteiger charge is 2.23. The summed E-state index contributed by atoms with van der Waals surface area (Å²) in [5.74, 6) is -1.06. The number of amides is 2. The summed E-state index contributed by atoms with van der Waals surface area (Å²) in [6, 6.07) is 6.07. The minimum absolute atomic E-state index is 0.0456.